The Morgan fingerprint density at radius 1 is 1.45 bits per heavy atom. The SMILES string of the molecule is Cc1nc(SC(C)C(=O)N2CCOCC2)sc1C(=O)O. The molecule has 1 unspecified atom stereocenters. The van der Waals surface area contributed by atoms with Gasteiger partial charge in [-0.15, -0.1) is 11.3 Å². The summed E-state index contributed by atoms with van der Waals surface area (Å²) in [5, 5.41) is 8.72. The molecule has 1 aliphatic rings. The number of carbonyl (C=O) groups excluding carboxylic acids is 1. The van der Waals surface area contributed by atoms with Gasteiger partial charge in [-0.05, 0) is 13.8 Å². The van der Waals surface area contributed by atoms with E-state index in [1.54, 1.807) is 11.8 Å². The van der Waals surface area contributed by atoms with Gasteiger partial charge in [0.05, 0.1) is 24.2 Å². The average molecular weight is 316 g/mol. The first-order valence-electron chi connectivity index (χ1n) is 6.23. The van der Waals surface area contributed by atoms with Gasteiger partial charge in [-0.1, -0.05) is 11.8 Å². The van der Waals surface area contributed by atoms with E-state index >= 15 is 0 Å². The minimum absolute atomic E-state index is 0.0445. The summed E-state index contributed by atoms with van der Waals surface area (Å²) in [6.45, 7) is 5.85. The molecule has 1 aromatic heterocycles. The molecule has 1 saturated heterocycles. The molecular weight excluding hydrogens is 300 g/mol. The van der Waals surface area contributed by atoms with Crippen molar-refractivity contribution < 1.29 is 19.4 Å². The molecular formula is C12H16N2O4S2. The Kier molecular flexibility index (Phi) is 5.00. The number of aromatic carboxylic acids is 1. The summed E-state index contributed by atoms with van der Waals surface area (Å²) >= 11 is 2.43. The summed E-state index contributed by atoms with van der Waals surface area (Å²) in [5.41, 5.74) is 0.496. The smallest absolute Gasteiger partial charge is 0.347 e. The monoisotopic (exact) mass is 316 g/mol. The zero-order valence-corrected chi connectivity index (χ0v) is 12.9. The molecule has 0 aromatic carbocycles. The van der Waals surface area contributed by atoms with Gasteiger partial charge < -0.3 is 14.7 Å². The van der Waals surface area contributed by atoms with Crippen LogP contribution in [0.15, 0.2) is 4.34 Å². The van der Waals surface area contributed by atoms with Crippen molar-refractivity contribution in [2.45, 2.75) is 23.4 Å². The van der Waals surface area contributed by atoms with Crippen molar-refractivity contribution in [2.75, 3.05) is 26.3 Å². The van der Waals surface area contributed by atoms with Gasteiger partial charge in [0, 0.05) is 13.1 Å². The summed E-state index contributed by atoms with van der Waals surface area (Å²) in [4.78, 5) is 29.4. The molecule has 1 aromatic rings. The molecule has 2 heterocycles. The number of morpholine rings is 1. The number of thioether (sulfide) groups is 1. The maximum Gasteiger partial charge on any atom is 0.347 e. The predicted molar refractivity (Wildman–Crippen MR) is 76.5 cm³/mol. The van der Waals surface area contributed by atoms with Crippen LogP contribution in [0.3, 0.4) is 0 Å². The Bertz CT molecular complexity index is 512. The predicted octanol–water partition coefficient (Wildman–Crippen LogP) is 1.49. The maximum absolute atomic E-state index is 12.2. The van der Waals surface area contributed by atoms with Gasteiger partial charge >= 0.3 is 5.97 Å². The van der Waals surface area contributed by atoms with Crippen molar-refractivity contribution in [2.24, 2.45) is 0 Å². The fraction of sp³-hybridized carbons (Fsp3) is 0.583. The van der Waals surface area contributed by atoms with Crippen LogP contribution in [-0.2, 0) is 9.53 Å². The third kappa shape index (κ3) is 3.50. The molecule has 1 fully saturated rings. The number of carbonyl (C=O) groups is 2. The van der Waals surface area contributed by atoms with E-state index in [0.29, 0.717) is 36.3 Å². The molecule has 20 heavy (non-hydrogen) atoms. The summed E-state index contributed by atoms with van der Waals surface area (Å²) in [7, 11) is 0. The highest BCUT2D eigenvalue weighted by atomic mass is 32.2. The van der Waals surface area contributed by atoms with E-state index in [1.165, 1.54) is 11.8 Å². The van der Waals surface area contributed by atoms with Gasteiger partial charge in [0.15, 0.2) is 4.34 Å². The van der Waals surface area contributed by atoms with Crippen LogP contribution in [0.5, 0.6) is 0 Å². The van der Waals surface area contributed by atoms with Crippen molar-refractivity contribution in [1.82, 2.24) is 9.88 Å². The highest BCUT2D eigenvalue weighted by Crippen LogP contribution is 2.31. The van der Waals surface area contributed by atoms with E-state index in [0.717, 1.165) is 11.3 Å². The molecule has 8 heteroatoms. The van der Waals surface area contributed by atoms with Crippen LogP contribution in [0.2, 0.25) is 0 Å². The topological polar surface area (TPSA) is 79.7 Å². The van der Waals surface area contributed by atoms with Crippen molar-refractivity contribution in [3.63, 3.8) is 0 Å². The number of hydrogen-bond donors (Lipinski definition) is 1. The third-order valence-electron chi connectivity index (χ3n) is 2.92. The fourth-order valence-electron chi connectivity index (χ4n) is 1.86. The molecule has 1 amide bonds. The third-order valence-corrected chi connectivity index (χ3v) is 5.25. The Hall–Kier alpha value is -1.12. The first-order valence-corrected chi connectivity index (χ1v) is 7.92. The van der Waals surface area contributed by atoms with E-state index in [2.05, 4.69) is 4.98 Å². The van der Waals surface area contributed by atoms with Crippen LogP contribution in [0.25, 0.3) is 0 Å². The molecule has 0 saturated carbocycles. The Labute approximate surface area is 125 Å². The van der Waals surface area contributed by atoms with Crippen molar-refractivity contribution in [1.29, 1.82) is 0 Å². The lowest BCUT2D eigenvalue weighted by atomic mass is 10.3. The number of hydrogen-bond acceptors (Lipinski definition) is 6. The van der Waals surface area contributed by atoms with E-state index in [1.807, 2.05) is 6.92 Å². The summed E-state index contributed by atoms with van der Waals surface area (Å²) in [6.07, 6.45) is 0. The highest BCUT2D eigenvalue weighted by molar-refractivity contribution is 8.02. The Balaban J connectivity index is 1.99. The van der Waals surface area contributed by atoms with Gasteiger partial charge in [-0.25, -0.2) is 9.78 Å². The lowest BCUT2D eigenvalue weighted by Gasteiger charge is -2.28. The van der Waals surface area contributed by atoms with E-state index in [9.17, 15) is 9.59 Å². The number of nitrogens with zero attached hydrogens (tertiary/aromatic N) is 2. The number of carboxylic acids is 1. The molecule has 1 aliphatic heterocycles. The van der Waals surface area contributed by atoms with E-state index < -0.39 is 5.97 Å². The number of rotatable bonds is 4. The van der Waals surface area contributed by atoms with E-state index in [-0.39, 0.29) is 16.0 Å². The molecule has 1 atom stereocenters. The average Bonchev–Trinajstić information content (AvgIpc) is 2.79. The van der Waals surface area contributed by atoms with Gasteiger partial charge in [-0.3, -0.25) is 4.79 Å². The molecule has 110 valence electrons. The summed E-state index contributed by atoms with van der Waals surface area (Å²) < 4.78 is 5.84. The molecule has 0 radical (unpaired) electrons. The van der Waals surface area contributed by atoms with Crippen LogP contribution in [-0.4, -0.2) is 58.4 Å². The number of aromatic nitrogens is 1. The van der Waals surface area contributed by atoms with Gasteiger partial charge in [0.25, 0.3) is 0 Å². The summed E-state index contributed by atoms with van der Waals surface area (Å²) in [5.74, 6) is -0.929. The highest BCUT2D eigenvalue weighted by Gasteiger charge is 2.25. The molecule has 2 rings (SSSR count). The quantitative estimate of drug-likeness (QED) is 0.848. The summed E-state index contributed by atoms with van der Waals surface area (Å²) in [6, 6.07) is 0. The number of ether oxygens (including phenoxy) is 1. The first kappa shape index (κ1) is 15.3. The molecule has 0 spiro atoms. The molecule has 0 aliphatic carbocycles. The standard InChI is InChI=1S/C12H16N2O4S2/c1-7-9(11(16)17)20-12(13-7)19-8(2)10(15)14-3-5-18-6-4-14/h8H,3-6H2,1-2H3,(H,16,17). The van der Waals surface area contributed by atoms with Gasteiger partial charge in [0.1, 0.15) is 4.88 Å². The Morgan fingerprint density at radius 3 is 2.65 bits per heavy atom. The molecule has 0 bridgehead atoms. The second kappa shape index (κ2) is 6.55. The first-order chi connectivity index (χ1) is 9.49. The van der Waals surface area contributed by atoms with Crippen molar-refractivity contribution in [3.05, 3.63) is 10.6 Å². The minimum atomic E-state index is -0.973. The maximum atomic E-state index is 12.2. The van der Waals surface area contributed by atoms with Crippen LogP contribution < -0.4 is 0 Å². The zero-order valence-electron chi connectivity index (χ0n) is 11.3. The van der Waals surface area contributed by atoms with Gasteiger partial charge in [0.2, 0.25) is 5.91 Å². The lowest BCUT2D eigenvalue weighted by Crippen LogP contribution is -2.44. The number of amides is 1. The fourth-order valence-corrected chi connectivity index (χ4v) is 4.12. The van der Waals surface area contributed by atoms with Crippen LogP contribution >= 0.6 is 23.1 Å². The van der Waals surface area contributed by atoms with Crippen LogP contribution in [0.1, 0.15) is 22.3 Å². The second-order valence-electron chi connectivity index (χ2n) is 4.40. The molecule has 6 nitrogen and oxygen atoms in total. The normalized spacial score (nSPS) is 17.0. The van der Waals surface area contributed by atoms with Crippen LogP contribution in [0.4, 0.5) is 0 Å². The second-order valence-corrected chi connectivity index (χ2v) is 6.98. The number of aryl methyl sites for hydroxylation is 1. The largest absolute Gasteiger partial charge is 0.477 e. The van der Waals surface area contributed by atoms with Crippen molar-refractivity contribution in [3.8, 4) is 0 Å². The zero-order chi connectivity index (χ0) is 14.7. The van der Waals surface area contributed by atoms with Crippen LogP contribution in [0, 0.1) is 6.92 Å². The van der Waals surface area contributed by atoms with Gasteiger partial charge in [-0.2, -0.15) is 0 Å². The van der Waals surface area contributed by atoms with E-state index in [4.69, 9.17) is 9.84 Å². The van der Waals surface area contributed by atoms with Crippen molar-refractivity contribution >= 4 is 35.0 Å². The minimum Gasteiger partial charge on any atom is -0.477 e. The Morgan fingerprint density at radius 2 is 2.10 bits per heavy atom. The number of thiazole rings is 1. The number of carboxylic acid groups (broad SMARTS) is 1. The molecule has 1 N–H and O–H groups in total. The lowest BCUT2D eigenvalue weighted by molar-refractivity contribution is -0.134.